The third-order valence-electron chi connectivity index (χ3n) is 7.51. The summed E-state index contributed by atoms with van der Waals surface area (Å²) < 4.78 is 29.4. The molecule has 3 aromatic rings. The molecular weight excluding hydrogens is 490 g/mol. The molecule has 2 atom stereocenters. The molecule has 1 N–H and O–H groups in total. The molecule has 39 heavy (non-hydrogen) atoms. The van der Waals surface area contributed by atoms with Crippen LogP contribution in [0.4, 0.5) is 0 Å². The molecule has 3 aromatic carbocycles. The van der Waals surface area contributed by atoms with Crippen molar-refractivity contribution in [1.82, 2.24) is 5.32 Å². The van der Waals surface area contributed by atoms with E-state index in [1.807, 2.05) is 24.3 Å². The lowest BCUT2D eigenvalue weighted by molar-refractivity contribution is 0.0347. The van der Waals surface area contributed by atoms with Crippen LogP contribution in [-0.2, 0) is 17.8 Å². The molecule has 2 heterocycles. The first-order valence-electron chi connectivity index (χ1n) is 13.8. The molecular formula is C33H39NO5. The fourth-order valence-corrected chi connectivity index (χ4v) is 5.25. The third kappa shape index (κ3) is 6.75. The second-order valence-electron chi connectivity index (χ2n) is 10.3. The molecule has 0 spiro atoms. The highest BCUT2D eigenvalue weighted by molar-refractivity contribution is 5.61. The number of benzene rings is 3. The molecule has 0 radical (unpaired) electrons. The van der Waals surface area contributed by atoms with Gasteiger partial charge in [0, 0.05) is 19.1 Å². The van der Waals surface area contributed by atoms with Crippen LogP contribution in [0, 0.1) is 12.8 Å². The molecule has 5 rings (SSSR count). The van der Waals surface area contributed by atoms with Crippen molar-refractivity contribution in [2.75, 3.05) is 40.6 Å². The van der Waals surface area contributed by atoms with Gasteiger partial charge in [0.15, 0.2) is 23.0 Å². The van der Waals surface area contributed by atoms with E-state index in [2.05, 4.69) is 54.7 Å². The van der Waals surface area contributed by atoms with Crippen LogP contribution in [0.5, 0.6) is 23.0 Å². The van der Waals surface area contributed by atoms with E-state index in [4.69, 9.17) is 23.7 Å². The number of ether oxygens (including phenoxy) is 5. The highest BCUT2D eigenvalue weighted by atomic mass is 16.5. The number of hydrogen-bond acceptors (Lipinski definition) is 6. The Hall–Kier alpha value is -3.48. The maximum Gasteiger partial charge on any atom is 0.161 e. The smallest absolute Gasteiger partial charge is 0.161 e. The summed E-state index contributed by atoms with van der Waals surface area (Å²) in [6.45, 7) is 5.75. The van der Waals surface area contributed by atoms with Gasteiger partial charge in [-0.05, 0) is 78.3 Å². The number of hydrogen-bond donors (Lipinski definition) is 1. The summed E-state index contributed by atoms with van der Waals surface area (Å²) in [5, 5.41) is 3.65. The van der Waals surface area contributed by atoms with Crippen molar-refractivity contribution in [2.45, 2.75) is 38.8 Å². The Morgan fingerprint density at radius 3 is 2.51 bits per heavy atom. The summed E-state index contributed by atoms with van der Waals surface area (Å²) in [6.07, 6.45) is 7.56. The normalized spacial score (nSPS) is 18.9. The second kappa shape index (κ2) is 13.0. The largest absolute Gasteiger partial charge is 0.493 e. The summed E-state index contributed by atoms with van der Waals surface area (Å²) in [4.78, 5) is 0. The van der Waals surface area contributed by atoms with Crippen LogP contribution in [0.1, 0.15) is 46.7 Å². The van der Waals surface area contributed by atoms with Crippen LogP contribution in [-0.4, -0.2) is 40.6 Å². The van der Waals surface area contributed by atoms with E-state index in [9.17, 15) is 0 Å². The molecule has 1 fully saturated rings. The Balaban J connectivity index is 1.33. The van der Waals surface area contributed by atoms with E-state index in [1.165, 1.54) is 11.1 Å². The quantitative estimate of drug-likeness (QED) is 0.333. The standard InChI is InChI=1S/C33H39NO5/c1-23-16-30(35-2)32(39-22-25-10-7-15-37-20-25)17-26(23)11-12-29-28-19-31(36-3)33(18-27(28)13-14-34-29)38-21-24-8-5-4-6-9-24/h4-6,8-9,11-12,16-19,25,29,34H,7,10,13-15,20-22H2,1-3H3/b12-11+. The molecule has 6 nitrogen and oxygen atoms in total. The fraction of sp³-hybridized carbons (Fsp3) is 0.394. The van der Waals surface area contributed by atoms with Crippen molar-refractivity contribution in [1.29, 1.82) is 0 Å². The molecule has 0 saturated carbocycles. The van der Waals surface area contributed by atoms with E-state index in [1.54, 1.807) is 14.2 Å². The van der Waals surface area contributed by atoms with E-state index in [0.29, 0.717) is 19.1 Å². The Morgan fingerprint density at radius 1 is 0.949 bits per heavy atom. The van der Waals surface area contributed by atoms with Crippen molar-refractivity contribution in [2.24, 2.45) is 5.92 Å². The van der Waals surface area contributed by atoms with Crippen LogP contribution in [0.3, 0.4) is 0 Å². The van der Waals surface area contributed by atoms with Gasteiger partial charge in [-0.3, -0.25) is 0 Å². The van der Waals surface area contributed by atoms with Crippen molar-refractivity contribution >= 4 is 6.08 Å². The second-order valence-corrected chi connectivity index (χ2v) is 10.3. The summed E-state index contributed by atoms with van der Waals surface area (Å²) >= 11 is 0. The lowest BCUT2D eigenvalue weighted by Gasteiger charge is -2.26. The topological polar surface area (TPSA) is 58.2 Å². The monoisotopic (exact) mass is 529 g/mol. The molecule has 0 aromatic heterocycles. The lowest BCUT2D eigenvalue weighted by atomic mass is 9.92. The van der Waals surface area contributed by atoms with E-state index >= 15 is 0 Å². The van der Waals surface area contributed by atoms with Gasteiger partial charge in [-0.15, -0.1) is 0 Å². The molecule has 2 aliphatic heterocycles. The Bertz CT molecular complexity index is 1270. The Labute approximate surface area is 231 Å². The number of rotatable bonds is 10. The average molecular weight is 530 g/mol. The maximum absolute atomic E-state index is 6.22. The minimum absolute atomic E-state index is 0.0658. The van der Waals surface area contributed by atoms with Gasteiger partial charge >= 0.3 is 0 Å². The minimum atomic E-state index is 0.0658. The van der Waals surface area contributed by atoms with Crippen LogP contribution >= 0.6 is 0 Å². The highest BCUT2D eigenvalue weighted by Gasteiger charge is 2.22. The first kappa shape index (κ1) is 27.1. The SMILES string of the molecule is COc1cc2c(cc1OCc1ccccc1)CCNC2/C=C/c1cc(OCC2CCCOC2)c(OC)cc1C. The summed E-state index contributed by atoms with van der Waals surface area (Å²) in [7, 11) is 3.38. The van der Waals surface area contributed by atoms with Crippen molar-refractivity contribution in [3.05, 3.63) is 88.5 Å². The highest BCUT2D eigenvalue weighted by Crippen LogP contribution is 2.37. The van der Waals surface area contributed by atoms with Gasteiger partial charge in [0.2, 0.25) is 0 Å². The van der Waals surface area contributed by atoms with Gasteiger partial charge in [0.1, 0.15) is 6.61 Å². The molecule has 206 valence electrons. The van der Waals surface area contributed by atoms with Crippen LogP contribution < -0.4 is 24.3 Å². The maximum atomic E-state index is 6.22. The zero-order valence-electron chi connectivity index (χ0n) is 23.2. The molecule has 0 bridgehead atoms. The lowest BCUT2D eigenvalue weighted by Crippen LogP contribution is -2.28. The number of fused-ring (bicyclic) bond motifs is 1. The Morgan fingerprint density at radius 2 is 1.74 bits per heavy atom. The number of methoxy groups -OCH3 is 2. The summed E-state index contributed by atoms with van der Waals surface area (Å²) in [5.74, 6) is 3.47. The molecule has 0 aliphatic carbocycles. The van der Waals surface area contributed by atoms with Gasteiger partial charge in [0.25, 0.3) is 0 Å². The van der Waals surface area contributed by atoms with Gasteiger partial charge in [0.05, 0.1) is 33.5 Å². The fourth-order valence-electron chi connectivity index (χ4n) is 5.25. The summed E-state index contributed by atoms with van der Waals surface area (Å²) in [6, 6.07) is 18.6. The zero-order chi connectivity index (χ0) is 27.0. The number of aryl methyl sites for hydroxylation is 1. The first-order chi connectivity index (χ1) is 19.1. The Kier molecular flexibility index (Phi) is 9.07. The molecule has 6 heteroatoms. The van der Waals surface area contributed by atoms with Crippen LogP contribution in [0.25, 0.3) is 6.08 Å². The van der Waals surface area contributed by atoms with Crippen LogP contribution in [0.15, 0.2) is 60.7 Å². The van der Waals surface area contributed by atoms with Crippen molar-refractivity contribution < 1.29 is 23.7 Å². The predicted octanol–water partition coefficient (Wildman–Crippen LogP) is 6.30. The minimum Gasteiger partial charge on any atom is -0.493 e. The third-order valence-corrected chi connectivity index (χ3v) is 7.51. The zero-order valence-corrected chi connectivity index (χ0v) is 23.2. The first-order valence-corrected chi connectivity index (χ1v) is 13.8. The van der Waals surface area contributed by atoms with Gasteiger partial charge < -0.3 is 29.0 Å². The predicted molar refractivity (Wildman–Crippen MR) is 154 cm³/mol. The van der Waals surface area contributed by atoms with Crippen LogP contribution in [0.2, 0.25) is 0 Å². The van der Waals surface area contributed by atoms with Gasteiger partial charge in [-0.25, -0.2) is 0 Å². The van der Waals surface area contributed by atoms with E-state index in [-0.39, 0.29) is 6.04 Å². The molecule has 2 aliphatic rings. The number of nitrogens with one attached hydrogen (secondary N) is 1. The van der Waals surface area contributed by atoms with Crippen molar-refractivity contribution in [3.8, 4) is 23.0 Å². The summed E-state index contributed by atoms with van der Waals surface area (Å²) in [5.41, 5.74) is 5.85. The molecule has 0 amide bonds. The van der Waals surface area contributed by atoms with E-state index < -0.39 is 0 Å². The van der Waals surface area contributed by atoms with Gasteiger partial charge in [-0.2, -0.15) is 0 Å². The van der Waals surface area contributed by atoms with Crippen molar-refractivity contribution in [3.63, 3.8) is 0 Å². The molecule has 2 unspecified atom stereocenters. The van der Waals surface area contributed by atoms with E-state index in [0.717, 1.165) is 78.7 Å². The molecule has 1 saturated heterocycles. The average Bonchev–Trinajstić information content (AvgIpc) is 2.99. The van der Waals surface area contributed by atoms with Gasteiger partial charge in [-0.1, -0.05) is 42.5 Å².